The Morgan fingerprint density at radius 2 is 1.75 bits per heavy atom. The molecule has 0 fully saturated rings. The molecule has 1 N–H and O–H groups in total. The van der Waals surface area contributed by atoms with Gasteiger partial charge in [-0.15, -0.1) is 5.10 Å². The van der Waals surface area contributed by atoms with Crippen LogP contribution in [-0.4, -0.2) is 53.7 Å². The number of rotatable bonds is 7. The van der Waals surface area contributed by atoms with Crippen molar-refractivity contribution in [3.63, 3.8) is 0 Å². The maximum Gasteiger partial charge on any atom is 0.271 e. The van der Waals surface area contributed by atoms with Crippen molar-refractivity contribution in [1.82, 2.24) is 25.6 Å². The van der Waals surface area contributed by atoms with Crippen LogP contribution in [0.2, 0.25) is 0 Å². The van der Waals surface area contributed by atoms with Crippen LogP contribution in [0.4, 0.5) is 0 Å². The Morgan fingerprint density at radius 1 is 1.07 bits per heavy atom. The second-order valence-corrected chi connectivity index (χ2v) is 5.46. The Kier molecular flexibility index (Phi) is 5.80. The van der Waals surface area contributed by atoms with Crippen molar-refractivity contribution in [2.75, 3.05) is 21.3 Å². The summed E-state index contributed by atoms with van der Waals surface area (Å²) in [7, 11) is 4.58. The highest BCUT2D eigenvalue weighted by Gasteiger charge is 2.12. The lowest BCUT2D eigenvalue weighted by Crippen LogP contribution is -2.17. The number of tetrazole rings is 1. The number of amides is 1. The summed E-state index contributed by atoms with van der Waals surface area (Å²) < 4.78 is 17.3. The van der Waals surface area contributed by atoms with E-state index in [1.807, 2.05) is 0 Å². The minimum atomic E-state index is -0.355. The average molecular weight is 382 g/mol. The Morgan fingerprint density at radius 3 is 2.29 bits per heavy atom. The van der Waals surface area contributed by atoms with Crippen LogP contribution in [0, 0.1) is 0 Å². The summed E-state index contributed by atoms with van der Waals surface area (Å²) in [6, 6.07) is 10.2. The van der Waals surface area contributed by atoms with Gasteiger partial charge in [0.15, 0.2) is 11.5 Å². The van der Waals surface area contributed by atoms with E-state index in [9.17, 15) is 4.79 Å². The molecule has 0 spiro atoms. The van der Waals surface area contributed by atoms with Gasteiger partial charge in [-0.3, -0.25) is 4.79 Å². The molecule has 2 aromatic carbocycles. The average Bonchev–Trinajstić information content (AvgIpc) is 3.27. The maximum atomic E-state index is 12.2. The van der Waals surface area contributed by atoms with Crippen LogP contribution in [0.5, 0.6) is 17.2 Å². The first-order chi connectivity index (χ1) is 13.7. The SMILES string of the molecule is COc1cc(/C=N/NC(=O)c2ccc(-n3cnnn3)cc2)cc(OC)c1OC. The molecule has 3 aromatic rings. The topological polar surface area (TPSA) is 113 Å². The van der Waals surface area contributed by atoms with Gasteiger partial charge >= 0.3 is 0 Å². The number of carbonyl (C=O) groups excluding carboxylic acids is 1. The van der Waals surface area contributed by atoms with E-state index < -0.39 is 0 Å². The zero-order valence-electron chi connectivity index (χ0n) is 15.5. The van der Waals surface area contributed by atoms with Crippen molar-refractivity contribution in [2.24, 2.45) is 5.10 Å². The largest absolute Gasteiger partial charge is 0.493 e. The molecule has 3 rings (SSSR count). The lowest BCUT2D eigenvalue weighted by molar-refractivity contribution is 0.0955. The van der Waals surface area contributed by atoms with E-state index in [-0.39, 0.29) is 5.91 Å². The van der Waals surface area contributed by atoms with Crippen LogP contribution >= 0.6 is 0 Å². The van der Waals surface area contributed by atoms with Gasteiger partial charge in [0.2, 0.25) is 5.75 Å². The van der Waals surface area contributed by atoms with E-state index >= 15 is 0 Å². The van der Waals surface area contributed by atoms with Crippen LogP contribution in [0.25, 0.3) is 5.69 Å². The van der Waals surface area contributed by atoms with Crippen LogP contribution in [0.1, 0.15) is 15.9 Å². The fourth-order valence-corrected chi connectivity index (χ4v) is 2.45. The smallest absolute Gasteiger partial charge is 0.271 e. The van der Waals surface area contributed by atoms with Gasteiger partial charge in [0.25, 0.3) is 5.91 Å². The summed E-state index contributed by atoms with van der Waals surface area (Å²) in [5.41, 5.74) is 4.33. The van der Waals surface area contributed by atoms with Crippen LogP contribution in [0.3, 0.4) is 0 Å². The predicted octanol–water partition coefficient (Wildman–Crippen LogP) is 1.45. The summed E-state index contributed by atoms with van der Waals surface area (Å²) in [5, 5.41) is 14.9. The molecule has 0 radical (unpaired) electrons. The summed E-state index contributed by atoms with van der Waals surface area (Å²) in [5.74, 6) is 1.11. The molecule has 1 amide bonds. The number of ether oxygens (including phenoxy) is 3. The second-order valence-electron chi connectivity index (χ2n) is 5.46. The van der Waals surface area contributed by atoms with Gasteiger partial charge in [0.05, 0.1) is 33.2 Å². The highest BCUT2D eigenvalue weighted by atomic mass is 16.5. The quantitative estimate of drug-likeness (QED) is 0.486. The van der Waals surface area contributed by atoms with E-state index in [1.54, 1.807) is 36.4 Å². The monoisotopic (exact) mass is 382 g/mol. The number of carbonyl (C=O) groups is 1. The third-order valence-electron chi connectivity index (χ3n) is 3.81. The van der Waals surface area contributed by atoms with E-state index in [2.05, 4.69) is 26.1 Å². The molecule has 0 saturated heterocycles. The Bertz CT molecular complexity index is 945. The standard InChI is InChI=1S/C18H18N6O4/c1-26-15-8-12(9-16(27-2)17(15)28-3)10-19-21-18(25)13-4-6-14(7-5-13)24-11-20-22-23-24/h4-11H,1-3H3,(H,21,25)/b19-10+. The maximum absolute atomic E-state index is 12.2. The minimum Gasteiger partial charge on any atom is -0.493 e. The lowest BCUT2D eigenvalue weighted by atomic mass is 10.2. The second kappa shape index (κ2) is 8.62. The van der Waals surface area contributed by atoms with Crippen molar-refractivity contribution in [3.8, 4) is 22.9 Å². The first kappa shape index (κ1) is 18.8. The molecule has 10 nitrogen and oxygen atoms in total. The van der Waals surface area contributed by atoms with E-state index in [0.717, 1.165) is 5.69 Å². The molecular weight excluding hydrogens is 364 g/mol. The highest BCUT2D eigenvalue weighted by molar-refractivity contribution is 5.95. The molecule has 28 heavy (non-hydrogen) atoms. The molecule has 0 atom stereocenters. The fourth-order valence-electron chi connectivity index (χ4n) is 2.45. The van der Waals surface area contributed by atoms with Crippen LogP contribution in [0.15, 0.2) is 47.8 Å². The summed E-state index contributed by atoms with van der Waals surface area (Å²) >= 11 is 0. The van der Waals surface area contributed by atoms with Crippen molar-refractivity contribution in [1.29, 1.82) is 0 Å². The number of methoxy groups -OCH3 is 3. The highest BCUT2D eigenvalue weighted by Crippen LogP contribution is 2.37. The Hall–Kier alpha value is -3.95. The van der Waals surface area contributed by atoms with Gasteiger partial charge in [-0.25, -0.2) is 10.1 Å². The number of hydrazone groups is 1. The molecule has 144 valence electrons. The zero-order chi connectivity index (χ0) is 19.9. The molecule has 0 saturated carbocycles. The lowest BCUT2D eigenvalue weighted by Gasteiger charge is -2.12. The zero-order valence-corrected chi connectivity index (χ0v) is 15.5. The van der Waals surface area contributed by atoms with Crippen LogP contribution < -0.4 is 19.6 Å². The van der Waals surface area contributed by atoms with E-state index in [4.69, 9.17) is 14.2 Å². The summed E-state index contributed by atoms with van der Waals surface area (Å²) in [6.45, 7) is 0. The first-order valence-corrected chi connectivity index (χ1v) is 8.13. The molecule has 1 heterocycles. The molecule has 0 aliphatic carbocycles. The number of nitrogens with zero attached hydrogens (tertiary/aromatic N) is 5. The van der Waals surface area contributed by atoms with E-state index in [1.165, 1.54) is 38.6 Å². The molecular formula is C18H18N6O4. The van der Waals surface area contributed by atoms with Crippen molar-refractivity contribution in [2.45, 2.75) is 0 Å². The van der Waals surface area contributed by atoms with Gasteiger partial charge in [-0.2, -0.15) is 5.10 Å². The number of nitrogens with one attached hydrogen (secondary N) is 1. The third-order valence-corrected chi connectivity index (χ3v) is 3.81. The Labute approximate surface area is 160 Å². The van der Waals surface area contributed by atoms with Gasteiger partial charge in [-0.05, 0) is 46.8 Å². The van der Waals surface area contributed by atoms with Gasteiger partial charge in [0.1, 0.15) is 6.33 Å². The summed E-state index contributed by atoms with van der Waals surface area (Å²) in [4.78, 5) is 12.2. The van der Waals surface area contributed by atoms with E-state index in [0.29, 0.717) is 28.4 Å². The first-order valence-electron chi connectivity index (χ1n) is 8.13. The van der Waals surface area contributed by atoms with Crippen molar-refractivity contribution in [3.05, 3.63) is 53.9 Å². The Balaban J connectivity index is 1.69. The van der Waals surface area contributed by atoms with Crippen molar-refractivity contribution >= 4 is 12.1 Å². The number of hydrogen-bond acceptors (Lipinski definition) is 8. The minimum absolute atomic E-state index is 0.355. The molecule has 1 aromatic heterocycles. The molecule has 10 heteroatoms. The fraction of sp³-hybridized carbons (Fsp3) is 0.167. The molecule has 0 bridgehead atoms. The third kappa shape index (κ3) is 4.06. The normalized spacial score (nSPS) is 10.7. The van der Waals surface area contributed by atoms with Crippen LogP contribution in [-0.2, 0) is 0 Å². The summed E-state index contributed by atoms with van der Waals surface area (Å²) in [6.07, 6.45) is 2.95. The molecule has 0 unspecified atom stereocenters. The molecule has 0 aliphatic heterocycles. The van der Waals surface area contributed by atoms with Crippen molar-refractivity contribution < 1.29 is 19.0 Å². The molecule has 0 aliphatic rings. The number of benzene rings is 2. The van der Waals surface area contributed by atoms with Gasteiger partial charge in [-0.1, -0.05) is 0 Å². The number of hydrogen-bond donors (Lipinski definition) is 1. The van der Waals surface area contributed by atoms with Gasteiger partial charge in [0, 0.05) is 11.1 Å². The number of aromatic nitrogens is 4. The predicted molar refractivity (Wildman–Crippen MR) is 100 cm³/mol. The van der Waals surface area contributed by atoms with Gasteiger partial charge < -0.3 is 14.2 Å².